The van der Waals surface area contributed by atoms with E-state index in [0.717, 1.165) is 0 Å². The van der Waals surface area contributed by atoms with Gasteiger partial charge in [-0.2, -0.15) is 0 Å². The van der Waals surface area contributed by atoms with Gasteiger partial charge in [-0.25, -0.2) is 4.98 Å². The largest absolute Gasteiger partial charge is 0.321 e. The molecule has 0 saturated heterocycles. The highest BCUT2D eigenvalue weighted by Crippen LogP contribution is 2.23. The standard InChI is InChI=1S/C12H7BrCl2N2O/c13-9-5-7(1-3-10(9)14)12(18)17-8-2-4-11(15)16-6-8/h1-6H,(H,17,18). The van der Waals surface area contributed by atoms with E-state index < -0.39 is 0 Å². The normalized spacial score (nSPS) is 10.2. The van der Waals surface area contributed by atoms with Crippen LogP contribution in [0.2, 0.25) is 10.2 Å². The molecule has 3 nitrogen and oxygen atoms in total. The summed E-state index contributed by atoms with van der Waals surface area (Å²) in [5.74, 6) is -0.239. The Hall–Kier alpha value is -1.10. The van der Waals surface area contributed by atoms with Gasteiger partial charge in [-0.05, 0) is 46.3 Å². The van der Waals surface area contributed by atoms with Gasteiger partial charge in [0, 0.05) is 10.0 Å². The minimum Gasteiger partial charge on any atom is -0.321 e. The van der Waals surface area contributed by atoms with Crippen molar-refractivity contribution in [1.29, 1.82) is 0 Å². The van der Waals surface area contributed by atoms with Crippen molar-refractivity contribution in [3.63, 3.8) is 0 Å². The molecule has 92 valence electrons. The molecular formula is C12H7BrCl2N2O. The SMILES string of the molecule is O=C(Nc1ccc(Cl)nc1)c1ccc(Cl)c(Br)c1. The van der Waals surface area contributed by atoms with Crippen LogP contribution in [0.25, 0.3) is 0 Å². The summed E-state index contributed by atoms with van der Waals surface area (Å²) >= 11 is 14.8. The molecule has 0 fully saturated rings. The molecule has 1 amide bonds. The van der Waals surface area contributed by atoms with Crippen LogP contribution in [0.1, 0.15) is 10.4 Å². The van der Waals surface area contributed by atoms with E-state index in [0.29, 0.717) is 25.9 Å². The molecule has 0 aliphatic rings. The highest BCUT2D eigenvalue weighted by atomic mass is 79.9. The lowest BCUT2D eigenvalue weighted by atomic mass is 10.2. The van der Waals surface area contributed by atoms with E-state index in [4.69, 9.17) is 23.2 Å². The van der Waals surface area contributed by atoms with Gasteiger partial charge < -0.3 is 5.32 Å². The summed E-state index contributed by atoms with van der Waals surface area (Å²) in [5.41, 5.74) is 1.08. The number of carbonyl (C=O) groups is 1. The number of aromatic nitrogens is 1. The molecule has 0 bridgehead atoms. The van der Waals surface area contributed by atoms with E-state index in [1.807, 2.05) is 0 Å². The number of nitrogens with one attached hydrogen (secondary N) is 1. The quantitative estimate of drug-likeness (QED) is 0.819. The van der Waals surface area contributed by atoms with Crippen molar-refractivity contribution in [3.05, 3.63) is 56.7 Å². The number of halogens is 3. The van der Waals surface area contributed by atoms with Crippen molar-refractivity contribution >= 4 is 50.7 Å². The van der Waals surface area contributed by atoms with Crippen molar-refractivity contribution in [3.8, 4) is 0 Å². The molecule has 0 aliphatic carbocycles. The molecule has 2 rings (SSSR count). The average Bonchev–Trinajstić information content (AvgIpc) is 2.35. The van der Waals surface area contributed by atoms with Crippen LogP contribution in [0.15, 0.2) is 41.0 Å². The van der Waals surface area contributed by atoms with Crippen LogP contribution >= 0.6 is 39.1 Å². The summed E-state index contributed by atoms with van der Waals surface area (Å²) in [6.07, 6.45) is 1.49. The van der Waals surface area contributed by atoms with Crippen LogP contribution in [-0.2, 0) is 0 Å². The van der Waals surface area contributed by atoms with Crippen LogP contribution in [0.4, 0.5) is 5.69 Å². The maximum atomic E-state index is 11.9. The van der Waals surface area contributed by atoms with Crippen LogP contribution in [0.3, 0.4) is 0 Å². The van der Waals surface area contributed by atoms with Crippen LogP contribution < -0.4 is 5.32 Å². The average molecular weight is 346 g/mol. The summed E-state index contributed by atoms with van der Waals surface area (Å²) in [5, 5.41) is 3.64. The molecule has 2 aromatic rings. The molecule has 0 aliphatic heterocycles. The number of hydrogen-bond acceptors (Lipinski definition) is 2. The number of nitrogens with zero attached hydrogens (tertiary/aromatic N) is 1. The van der Waals surface area contributed by atoms with E-state index in [-0.39, 0.29) is 5.91 Å². The van der Waals surface area contributed by atoms with Gasteiger partial charge in [0.2, 0.25) is 0 Å². The van der Waals surface area contributed by atoms with Crippen molar-refractivity contribution in [2.24, 2.45) is 0 Å². The van der Waals surface area contributed by atoms with E-state index in [9.17, 15) is 4.79 Å². The van der Waals surface area contributed by atoms with Crippen molar-refractivity contribution in [1.82, 2.24) is 4.98 Å². The lowest BCUT2D eigenvalue weighted by Crippen LogP contribution is -2.11. The number of pyridine rings is 1. The number of amides is 1. The first-order chi connectivity index (χ1) is 8.56. The zero-order valence-electron chi connectivity index (χ0n) is 8.95. The maximum Gasteiger partial charge on any atom is 0.255 e. The maximum absolute atomic E-state index is 11.9. The van der Waals surface area contributed by atoms with Crippen molar-refractivity contribution in [2.45, 2.75) is 0 Å². The summed E-state index contributed by atoms with van der Waals surface area (Å²) in [6.45, 7) is 0. The van der Waals surface area contributed by atoms with Crippen molar-refractivity contribution < 1.29 is 4.79 Å². The number of benzene rings is 1. The highest BCUT2D eigenvalue weighted by molar-refractivity contribution is 9.10. The fourth-order valence-electron chi connectivity index (χ4n) is 1.29. The topological polar surface area (TPSA) is 42.0 Å². The molecule has 6 heteroatoms. The molecule has 18 heavy (non-hydrogen) atoms. The van der Waals surface area contributed by atoms with Gasteiger partial charge in [-0.3, -0.25) is 4.79 Å². The van der Waals surface area contributed by atoms with E-state index >= 15 is 0 Å². The summed E-state index contributed by atoms with van der Waals surface area (Å²) in [4.78, 5) is 15.8. The van der Waals surface area contributed by atoms with E-state index in [1.165, 1.54) is 6.20 Å². The van der Waals surface area contributed by atoms with Gasteiger partial charge in [0.1, 0.15) is 5.15 Å². The van der Waals surface area contributed by atoms with Gasteiger partial charge in [-0.15, -0.1) is 0 Å². The smallest absolute Gasteiger partial charge is 0.255 e. The molecule has 1 N–H and O–H groups in total. The second-order valence-electron chi connectivity index (χ2n) is 3.45. The first-order valence-electron chi connectivity index (χ1n) is 4.94. The molecule has 0 radical (unpaired) electrons. The third-order valence-electron chi connectivity index (χ3n) is 2.17. The highest BCUT2D eigenvalue weighted by Gasteiger charge is 2.08. The Bertz CT molecular complexity index is 587. The lowest BCUT2D eigenvalue weighted by Gasteiger charge is -2.05. The number of rotatable bonds is 2. The predicted octanol–water partition coefficient (Wildman–Crippen LogP) is 4.40. The minimum absolute atomic E-state index is 0.239. The lowest BCUT2D eigenvalue weighted by molar-refractivity contribution is 0.102. The molecule has 0 saturated carbocycles. The number of hydrogen-bond donors (Lipinski definition) is 1. The Morgan fingerprint density at radius 2 is 2.00 bits per heavy atom. The monoisotopic (exact) mass is 344 g/mol. The summed E-state index contributed by atoms with van der Waals surface area (Å²) in [7, 11) is 0. The molecule has 0 atom stereocenters. The van der Waals surface area contributed by atoms with Crippen LogP contribution in [-0.4, -0.2) is 10.9 Å². The summed E-state index contributed by atoms with van der Waals surface area (Å²) < 4.78 is 0.672. The van der Waals surface area contributed by atoms with Gasteiger partial charge >= 0.3 is 0 Å². The van der Waals surface area contributed by atoms with Crippen LogP contribution in [0.5, 0.6) is 0 Å². The fraction of sp³-hybridized carbons (Fsp3) is 0. The predicted molar refractivity (Wildman–Crippen MR) is 76.4 cm³/mol. The summed E-state index contributed by atoms with van der Waals surface area (Å²) in [6, 6.07) is 8.24. The molecule has 1 heterocycles. The first kappa shape index (κ1) is 13.3. The third-order valence-corrected chi connectivity index (χ3v) is 3.60. The Morgan fingerprint density at radius 1 is 1.22 bits per heavy atom. The van der Waals surface area contributed by atoms with Gasteiger partial charge in [0.05, 0.1) is 16.9 Å². The molecule has 1 aromatic carbocycles. The zero-order valence-corrected chi connectivity index (χ0v) is 12.1. The Morgan fingerprint density at radius 3 is 2.61 bits per heavy atom. The first-order valence-corrected chi connectivity index (χ1v) is 6.49. The third kappa shape index (κ3) is 3.22. The number of anilines is 1. The molecule has 0 spiro atoms. The molecule has 0 unspecified atom stereocenters. The second kappa shape index (κ2) is 5.69. The number of carbonyl (C=O) groups excluding carboxylic acids is 1. The zero-order chi connectivity index (χ0) is 13.1. The Balaban J connectivity index is 2.16. The van der Waals surface area contributed by atoms with E-state index in [2.05, 4.69) is 26.2 Å². The van der Waals surface area contributed by atoms with Gasteiger partial charge in [0.25, 0.3) is 5.91 Å². The van der Waals surface area contributed by atoms with Gasteiger partial charge in [0.15, 0.2) is 0 Å². The Labute approximate surface area is 122 Å². The molecule has 1 aromatic heterocycles. The second-order valence-corrected chi connectivity index (χ2v) is 5.10. The van der Waals surface area contributed by atoms with E-state index in [1.54, 1.807) is 30.3 Å². The fourth-order valence-corrected chi connectivity index (χ4v) is 1.90. The Kier molecular flexibility index (Phi) is 4.22. The van der Waals surface area contributed by atoms with Crippen LogP contribution in [0, 0.1) is 0 Å². The van der Waals surface area contributed by atoms with Crippen molar-refractivity contribution in [2.75, 3.05) is 5.32 Å². The molecular weight excluding hydrogens is 339 g/mol. The minimum atomic E-state index is -0.239. The van der Waals surface area contributed by atoms with Gasteiger partial charge in [-0.1, -0.05) is 23.2 Å².